The van der Waals surface area contributed by atoms with Crippen molar-refractivity contribution in [1.82, 2.24) is 0 Å². The summed E-state index contributed by atoms with van der Waals surface area (Å²) in [4.78, 5) is 0.308. The number of rotatable bonds is 3. The second-order valence-corrected chi connectivity index (χ2v) is 6.13. The highest BCUT2D eigenvalue weighted by molar-refractivity contribution is 7.90. The lowest BCUT2D eigenvalue weighted by molar-refractivity contribution is 0.601. The summed E-state index contributed by atoms with van der Waals surface area (Å²) in [6.45, 7) is 3.92. The highest BCUT2D eigenvalue weighted by Gasteiger charge is 2.09. The van der Waals surface area contributed by atoms with Crippen molar-refractivity contribution in [2.24, 2.45) is 5.73 Å². The summed E-state index contributed by atoms with van der Waals surface area (Å²) in [5.74, 6) is 0. The molecule has 0 saturated carbocycles. The molecule has 3 nitrogen and oxygen atoms in total. The van der Waals surface area contributed by atoms with Gasteiger partial charge in [-0.3, -0.25) is 0 Å². The van der Waals surface area contributed by atoms with E-state index in [0.717, 1.165) is 11.1 Å². The van der Waals surface area contributed by atoms with Gasteiger partial charge in [-0.25, -0.2) is 8.42 Å². The van der Waals surface area contributed by atoms with Crippen LogP contribution in [0.5, 0.6) is 0 Å². The molecule has 4 heteroatoms. The molecule has 0 spiro atoms. The molecule has 1 atom stereocenters. The van der Waals surface area contributed by atoms with E-state index < -0.39 is 9.84 Å². The summed E-state index contributed by atoms with van der Waals surface area (Å²) in [6.07, 6.45) is 3.10. The van der Waals surface area contributed by atoms with Gasteiger partial charge in [0.2, 0.25) is 0 Å². The van der Waals surface area contributed by atoms with Crippen LogP contribution in [0.25, 0.3) is 0 Å². The van der Waals surface area contributed by atoms with E-state index in [9.17, 15) is 8.42 Å². The molecule has 2 N–H and O–H groups in total. The molecule has 0 radical (unpaired) electrons. The smallest absolute Gasteiger partial charge is 0.175 e. The van der Waals surface area contributed by atoms with Gasteiger partial charge in [-0.1, -0.05) is 23.8 Å². The highest BCUT2D eigenvalue weighted by atomic mass is 32.2. The molecule has 16 heavy (non-hydrogen) atoms. The van der Waals surface area contributed by atoms with Crippen molar-refractivity contribution in [2.45, 2.75) is 24.8 Å². The van der Waals surface area contributed by atoms with E-state index in [1.165, 1.54) is 6.26 Å². The number of sulfone groups is 1. The standard InChI is InChI=1S/C12H17NO2S/c1-9(2)7-12(13)10-5-4-6-11(8-10)16(3,14)15/h4-8,12H,13H2,1-3H3. The van der Waals surface area contributed by atoms with Crippen molar-refractivity contribution < 1.29 is 8.42 Å². The van der Waals surface area contributed by atoms with E-state index in [-0.39, 0.29) is 6.04 Å². The van der Waals surface area contributed by atoms with E-state index in [1.807, 2.05) is 26.0 Å². The Morgan fingerprint density at radius 2 is 2.00 bits per heavy atom. The quantitative estimate of drug-likeness (QED) is 0.821. The van der Waals surface area contributed by atoms with E-state index in [1.54, 1.807) is 18.2 Å². The molecule has 1 aromatic rings. The van der Waals surface area contributed by atoms with Crippen LogP contribution in [0, 0.1) is 0 Å². The average Bonchev–Trinajstić information content (AvgIpc) is 2.15. The molecule has 0 bridgehead atoms. The van der Waals surface area contributed by atoms with Gasteiger partial charge in [0, 0.05) is 12.3 Å². The minimum atomic E-state index is -3.16. The van der Waals surface area contributed by atoms with E-state index in [4.69, 9.17) is 5.73 Å². The van der Waals surface area contributed by atoms with Crippen LogP contribution in [0.3, 0.4) is 0 Å². The predicted molar refractivity (Wildman–Crippen MR) is 65.9 cm³/mol. The van der Waals surface area contributed by atoms with Crippen molar-refractivity contribution in [1.29, 1.82) is 0 Å². The maximum Gasteiger partial charge on any atom is 0.175 e. The fourth-order valence-electron chi connectivity index (χ4n) is 1.41. The molecule has 1 unspecified atom stereocenters. The maximum absolute atomic E-state index is 11.4. The van der Waals surface area contributed by atoms with Gasteiger partial charge in [-0.15, -0.1) is 0 Å². The zero-order valence-electron chi connectivity index (χ0n) is 9.77. The number of hydrogen-bond donors (Lipinski definition) is 1. The lowest BCUT2D eigenvalue weighted by Gasteiger charge is -2.09. The summed E-state index contributed by atoms with van der Waals surface area (Å²) in [6, 6.07) is 6.49. The van der Waals surface area contributed by atoms with Gasteiger partial charge in [-0.2, -0.15) is 0 Å². The Balaban J connectivity index is 3.14. The van der Waals surface area contributed by atoms with Gasteiger partial charge >= 0.3 is 0 Å². The van der Waals surface area contributed by atoms with Gasteiger partial charge in [0.25, 0.3) is 0 Å². The third-order valence-corrected chi connectivity index (χ3v) is 3.29. The average molecular weight is 239 g/mol. The van der Waals surface area contributed by atoms with Crippen LogP contribution < -0.4 is 5.73 Å². The fourth-order valence-corrected chi connectivity index (χ4v) is 2.08. The van der Waals surface area contributed by atoms with E-state index >= 15 is 0 Å². The summed E-state index contributed by atoms with van der Waals surface area (Å²) >= 11 is 0. The topological polar surface area (TPSA) is 60.2 Å². The summed E-state index contributed by atoms with van der Waals surface area (Å²) < 4.78 is 22.7. The number of allylic oxidation sites excluding steroid dienone is 1. The Bertz CT molecular complexity index is 500. The van der Waals surface area contributed by atoms with E-state index in [2.05, 4.69) is 0 Å². The monoisotopic (exact) mass is 239 g/mol. The molecule has 0 aliphatic rings. The summed E-state index contributed by atoms with van der Waals surface area (Å²) in [5, 5.41) is 0. The minimum absolute atomic E-state index is 0.258. The van der Waals surface area contributed by atoms with Crippen molar-refractivity contribution in [3.05, 3.63) is 41.5 Å². The van der Waals surface area contributed by atoms with Crippen LogP contribution in [-0.4, -0.2) is 14.7 Å². The molecule has 1 rings (SSSR count). The predicted octanol–water partition coefficient (Wildman–Crippen LogP) is 2.06. The van der Waals surface area contributed by atoms with E-state index in [0.29, 0.717) is 4.90 Å². The number of benzene rings is 1. The van der Waals surface area contributed by atoms with Crippen LogP contribution in [0.2, 0.25) is 0 Å². The van der Waals surface area contributed by atoms with Gasteiger partial charge in [-0.05, 0) is 31.5 Å². The molecule has 0 aliphatic heterocycles. The largest absolute Gasteiger partial charge is 0.321 e. The van der Waals surface area contributed by atoms with Gasteiger partial charge in [0.15, 0.2) is 9.84 Å². The molecule has 0 fully saturated rings. The van der Waals surface area contributed by atoms with Crippen molar-refractivity contribution in [3.63, 3.8) is 0 Å². The molecule has 1 aromatic carbocycles. The lowest BCUT2D eigenvalue weighted by atomic mass is 10.1. The van der Waals surface area contributed by atoms with Gasteiger partial charge in [0.1, 0.15) is 0 Å². The zero-order chi connectivity index (χ0) is 12.3. The van der Waals surface area contributed by atoms with Gasteiger partial charge < -0.3 is 5.73 Å². The SMILES string of the molecule is CC(C)=CC(N)c1cccc(S(C)(=O)=O)c1. The van der Waals surface area contributed by atoms with Crippen molar-refractivity contribution in [2.75, 3.05) is 6.26 Å². The Kier molecular flexibility index (Phi) is 3.88. The molecular weight excluding hydrogens is 222 g/mol. The number of nitrogens with two attached hydrogens (primary N) is 1. The van der Waals surface area contributed by atoms with Crippen molar-refractivity contribution >= 4 is 9.84 Å². The molecule has 0 amide bonds. The van der Waals surface area contributed by atoms with Gasteiger partial charge in [0.05, 0.1) is 4.90 Å². The Morgan fingerprint density at radius 3 is 2.50 bits per heavy atom. The normalized spacial score (nSPS) is 13.2. The first-order chi connectivity index (χ1) is 7.30. The third kappa shape index (κ3) is 3.47. The molecule has 0 heterocycles. The zero-order valence-corrected chi connectivity index (χ0v) is 10.6. The second-order valence-electron chi connectivity index (χ2n) is 4.11. The minimum Gasteiger partial charge on any atom is -0.321 e. The maximum atomic E-state index is 11.4. The first-order valence-corrected chi connectivity index (χ1v) is 6.90. The molecular formula is C12H17NO2S. The van der Waals surface area contributed by atoms with Crippen LogP contribution in [0.1, 0.15) is 25.5 Å². The van der Waals surface area contributed by atoms with Crippen LogP contribution in [-0.2, 0) is 9.84 Å². The summed E-state index contributed by atoms with van der Waals surface area (Å²) in [5.41, 5.74) is 7.85. The lowest BCUT2D eigenvalue weighted by Crippen LogP contribution is -2.08. The Hall–Kier alpha value is -1.13. The van der Waals surface area contributed by atoms with Crippen LogP contribution >= 0.6 is 0 Å². The summed E-state index contributed by atoms with van der Waals surface area (Å²) in [7, 11) is -3.16. The Morgan fingerprint density at radius 1 is 1.38 bits per heavy atom. The first kappa shape index (κ1) is 12.9. The molecule has 0 aromatic heterocycles. The molecule has 0 aliphatic carbocycles. The molecule has 0 saturated heterocycles. The van der Waals surface area contributed by atoms with Crippen molar-refractivity contribution in [3.8, 4) is 0 Å². The fraction of sp³-hybridized carbons (Fsp3) is 0.333. The van der Waals surface area contributed by atoms with Crippen LogP contribution in [0.15, 0.2) is 40.8 Å². The highest BCUT2D eigenvalue weighted by Crippen LogP contribution is 2.17. The second kappa shape index (κ2) is 4.80. The first-order valence-electron chi connectivity index (χ1n) is 5.01. The molecule has 88 valence electrons. The number of hydrogen-bond acceptors (Lipinski definition) is 3. The Labute approximate surface area is 96.9 Å². The third-order valence-electron chi connectivity index (χ3n) is 2.18. The van der Waals surface area contributed by atoms with Crippen LogP contribution in [0.4, 0.5) is 0 Å².